The molecule has 0 atom stereocenters. The number of anilines is 1. The van der Waals surface area contributed by atoms with Crippen molar-refractivity contribution in [2.75, 3.05) is 5.73 Å². The average Bonchev–Trinajstić information content (AvgIpc) is 2.03. The monoisotopic (exact) mass is 179 g/mol. The second-order valence-corrected chi connectivity index (χ2v) is 2.41. The van der Waals surface area contributed by atoms with E-state index in [-0.39, 0.29) is 0 Å². The molecule has 0 saturated heterocycles. The van der Waals surface area contributed by atoms with Gasteiger partial charge in [0.25, 0.3) is 0 Å². The van der Waals surface area contributed by atoms with Gasteiger partial charge in [0.1, 0.15) is 5.82 Å². The van der Waals surface area contributed by atoms with Crippen LogP contribution in [0.25, 0.3) is 0 Å². The van der Waals surface area contributed by atoms with Crippen molar-refractivity contribution in [3.8, 4) is 0 Å². The van der Waals surface area contributed by atoms with Crippen LogP contribution in [0.15, 0.2) is 35.5 Å². The summed E-state index contributed by atoms with van der Waals surface area (Å²) >= 11 is 0. The summed E-state index contributed by atoms with van der Waals surface area (Å²) in [5.74, 6) is -0.399. The first-order chi connectivity index (χ1) is 6.22. The number of aliphatic imine (C=N–C) groups is 1. The lowest BCUT2D eigenvalue weighted by Crippen LogP contribution is -1.85. The topological polar surface area (TPSA) is 64.4 Å². The van der Waals surface area contributed by atoms with Gasteiger partial charge in [-0.1, -0.05) is 0 Å². The fraction of sp³-hybridized carbons (Fsp3) is 0. The van der Waals surface area contributed by atoms with Crippen molar-refractivity contribution >= 4 is 17.6 Å². The van der Waals surface area contributed by atoms with Gasteiger partial charge in [-0.15, -0.1) is 0 Å². The highest BCUT2D eigenvalue weighted by Crippen LogP contribution is 2.17. The van der Waals surface area contributed by atoms with Crippen LogP contribution in [-0.2, 0) is 0 Å². The number of hydrogen-bond acceptors (Lipinski definition) is 3. The van der Waals surface area contributed by atoms with Crippen LogP contribution in [0, 0.1) is 5.82 Å². The number of nitrogens with two attached hydrogens (primary N) is 2. The first-order valence-electron chi connectivity index (χ1n) is 3.69. The van der Waals surface area contributed by atoms with Crippen molar-refractivity contribution < 1.29 is 4.39 Å². The number of benzene rings is 1. The first-order valence-corrected chi connectivity index (χ1v) is 3.69. The van der Waals surface area contributed by atoms with E-state index in [4.69, 9.17) is 11.5 Å². The van der Waals surface area contributed by atoms with E-state index in [1.54, 1.807) is 12.1 Å². The van der Waals surface area contributed by atoms with Gasteiger partial charge < -0.3 is 11.5 Å². The number of allylic oxidation sites excluding steroid dienone is 1. The maximum atomic E-state index is 12.7. The molecule has 0 aliphatic carbocycles. The van der Waals surface area contributed by atoms with E-state index in [0.29, 0.717) is 11.4 Å². The fourth-order valence-electron chi connectivity index (χ4n) is 0.850. The molecule has 0 radical (unpaired) electrons. The highest BCUT2D eigenvalue weighted by Gasteiger charge is 1.94. The zero-order chi connectivity index (χ0) is 9.68. The van der Waals surface area contributed by atoms with Gasteiger partial charge in [-0.25, -0.2) is 4.39 Å². The molecule has 0 aromatic heterocycles. The van der Waals surface area contributed by atoms with Gasteiger partial charge in [0, 0.05) is 11.9 Å². The Bertz CT molecular complexity index is 324. The molecule has 1 aromatic carbocycles. The van der Waals surface area contributed by atoms with E-state index in [0.717, 1.165) is 0 Å². The van der Waals surface area contributed by atoms with Gasteiger partial charge in [-0.3, -0.25) is 4.99 Å². The summed E-state index contributed by atoms with van der Waals surface area (Å²) in [5.41, 5.74) is 11.3. The molecule has 0 amide bonds. The van der Waals surface area contributed by atoms with Crippen molar-refractivity contribution in [3.63, 3.8) is 0 Å². The summed E-state index contributed by atoms with van der Waals surface area (Å²) in [6, 6.07) is 4.10. The Kier molecular flexibility index (Phi) is 3.03. The molecular weight excluding hydrogens is 169 g/mol. The van der Waals surface area contributed by atoms with Gasteiger partial charge in [0.15, 0.2) is 0 Å². The third-order valence-corrected chi connectivity index (χ3v) is 1.33. The summed E-state index contributed by atoms with van der Waals surface area (Å²) in [5, 5.41) is 0. The largest absolute Gasteiger partial charge is 0.405 e. The number of nitrogens with zero attached hydrogens (tertiary/aromatic N) is 1. The van der Waals surface area contributed by atoms with E-state index in [1.807, 2.05) is 0 Å². The van der Waals surface area contributed by atoms with E-state index >= 15 is 0 Å². The maximum absolute atomic E-state index is 12.7. The second kappa shape index (κ2) is 4.25. The van der Waals surface area contributed by atoms with Crippen molar-refractivity contribution in [1.29, 1.82) is 0 Å². The minimum atomic E-state index is -0.399. The van der Waals surface area contributed by atoms with Crippen molar-refractivity contribution in [1.82, 2.24) is 0 Å². The molecule has 0 heterocycles. The molecule has 4 heteroatoms. The van der Waals surface area contributed by atoms with Crippen molar-refractivity contribution in [3.05, 3.63) is 36.3 Å². The smallest absolute Gasteiger partial charge is 0.127 e. The molecule has 0 fully saturated rings. The van der Waals surface area contributed by atoms with Gasteiger partial charge >= 0.3 is 0 Å². The van der Waals surface area contributed by atoms with Gasteiger partial charge in [0.2, 0.25) is 0 Å². The zero-order valence-corrected chi connectivity index (χ0v) is 6.94. The molecule has 0 aliphatic rings. The Morgan fingerprint density at radius 2 is 2.08 bits per heavy atom. The first kappa shape index (κ1) is 9.25. The normalized spacial score (nSPS) is 11.5. The third-order valence-electron chi connectivity index (χ3n) is 1.33. The predicted molar refractivity (Wildman–Crippen MR) is 52.3 cm³/mol. The van der Waals surface area contributed by atoms with E-state index in [1.165, 1.54) is 24.5 Å². The summed E-state index contributed by atoms with van der Waals surface area (Å²) < 4.78 is 12.7. The summed E-state index contributed by atoms with van der Waals surface area (Å²) in [6.45, 7) is 0. The van der Waals surface area contributed by atoms with E-state index < -0.39 is 5.82 Å². The Hall–Kier alpha value is -1.84. The van der Waals surface area contributed by atoms with Crippen LogP contribution in [0.3, 0.4) is 0 Å². The quantitative estimate of drug-likeness (QED) is 0.534. The molecule has 68 valence electrons. The van der Waals surface area contributed by atoms with Gasteiger partial charge in [0.05, 0.1) is 5.69 Å². The Labute approximate surface area is 75.6 Å². The van der Waals surface area contributed by atoms with Crippen LogP contribution >= 0.6 is 0 Å². The van der Waals surface area contributed by atoms with Gasteiger partial charge in [-0.2, -0.15) is 0 Å². The van der Waals surface area contributed by atoms with Gasteiger partial charge in [-0.05, 0) is 30.5 Å². The zero-order valence-electron chi connectivity index (χ0n) is 6.94. The number of nitrogen functional groups attached to an aromatic ring is 1. The Morgan fingerprint density at radius 1 is 1.31 bits per heavy atom. The molecule has 13 heavy (non-hydrogen) atoms. The molecule has 1 aromatic rings. The van der Waals surface area contributed by atoms with Crippen molar-refractivity contribution in [2.45, 2.75) is 0 Å². The predicted octanol–water partition coefficient (Wildman–Crippen LogP) is 1.58. The second-order valence-electron chi connectivity index (χ2n) is 2.41. The van der Waals surface area contributed by atoms with Crippen LogP contribution < -0.4 is 11.5 Å². The molecule has 4 N–H and O–H groups in total. The molecule has 3 nitrogen and oxygen atoms in total. The lowest BCUT2D eigenvalue weighted by molar-refractivity contribution is 0.629. The summed E-state index contributed by atoms with van der Waals surface area (Å²) in [7, 11) is 0. The Balaban J connectivity index is 2.89. The maximum Gasteiger partial charge on any atom is 0.127 e. The molecule has 0 aliphatic heterocycles. The molecule has 0 saturated carbocycles. The number of halogens is 1. The summed E-state index contributed by atoms with van der Waals surface area (Å²) in [4.78, 5) is 3.91. The van der Waals surface area contributed by atoms with Crippen LogP contribution in [0.5, 0.6) is 0 Å². The number of hydrogen-bond donors (Lipinski definition) is 2. The molecule has 0 bridgehead atoms. The molecule has 0 spiro atoms. The lowest BCUT2D eigenvalue weighted by atomic mass is 10.3. The highest BCUT2D eigenvalue weighted by molar-refractivity contribution is 5.74. The SMILES string of the molecule is NC=CC=Nc1cc(N)cc(F)c1. The minimum Gasteiger partial charge on any atom is -0.405 e. The average molecular weight is 179 g/mol. The van der Waals surface area contributed by atoms with Crippen LogP contribution in [0.2, 0.25) is 0 Å². The van der Waals surface area contributed by atoms with Crippen LogP contribution in [-0.4, -0.2) is 6.21 Å². The van der Waals surface area contributed by atoms with Crippen molar-refractivity contribution in [2.24, 2.45) is 10.7 Å². The van der Waals surface area contributed by atoms with Crippen LogP contribution in [0.1, 0.15) is 0 Å². The minimum absolute atomic E-state index is 0.351. The highest BCUT2D eigenvalue weighted by atomic mass is 19.1. The van der Waals surface area contributed by atoms with Crippen LogP contribution in [0.4, 0.5) is 15.8 Å². The fourth-order valence-corrected chi connectivity index (χ4v) is 0.850. The lowest BCUT2D eigenvalue weighted by Gasteiger charge is -1.95. The Morgan fingerprint density at radius 3 is 2.69 bits per heavy atom. The summed E-state index contributed by atoms with van der Waals surface area (Å²) in [6.07, 6.45) is 4.35. The standard InChI is InChI=1S/C9H10FN3/c10-7-4-8(12)6-9(5-7)13-3-1-2-11/h1-6H,11-12H2. The molecular formula is C9H10FN3. The third kappa shape index (κ3) is 2.94. The van der Waals surface area contributed by atoms with E-state index in [9.17, 15) is 4.39 Å². The van der Waals surface area contributed by atoms with E-state index in [2.05, 4.69) is 4.99 Å². The molecule has 1 rings (SSSR count). The number of rotatable bonds is 2. The molecule has 0 unspecified atom stereocenters.